The highest BCUT2D eigenvalue weighted by atomic mass is 19.1. The quantitative estimate of drug-likeness (QED) is 0.289. The minimum Gasteiger partial charge on any atom is -0.484 e. The summed E-state index contributed by atoms with van der Waals surface area (Å²) in [7, 11) is 0. The number of carbonyl (C=O) groups is 2. The molecule has 0 fully saturated rings. The topological polar surface area (TPSA) is 77.0 Å². The number of nitrogens with zero attached hydrogens (tertiary/aromatic N) is 1. The van der Waals surface area contributed by atoms with Gasteiger partial charge in [-0.15, -0.1) is 0 Å². The van der Waals surface area contributed by atoms with Crippen molar-refractivity contribution in [1.29, 1.82) is 0 Å². The predicted octanol–water partition coefficient (Wildman–Crippen LogP) is 3.57. The molecule has 0 saturated heterocycles. The van der Waals surface area contributed by atoms with Crippen molar-refractivity contribution in [3.8, 4) is 11.5 Å². The number of hydrazone groups is 1. The summed E-state index contributed by atoms with van der Waals surface area (Å²) in [6.07, 6.45) is 1.43. The molecule has 0 spiro atoms. The van der Waals surface area contributed by atoms with Crippen molar-refractivity contribution in [2.45, 2.75) is 0 Å². The largest absolute Gasteiger partial charge is 0.484 e. The lowest BCUT2D eigenvalue weighted by atomic mass is 10.2. The van der Waals surface area contributed by atoms with E-state index in [-0.39, 0.29) is 17.9 Å². The van der Waals surface area contributed by atoms with Crippen LogP contribution in [0, 0.1) is 5.82 Å². The van der Waals surface area contributed by atoms with Crippen molar-refractivity contribution in [2.75, 3.05) is 6.61 Å². The Balaban J connectivity index is 1.48. The normalized spacial score (nSPS) is 10.5. The number of benzene rings is 3. The number of carbonyl (C=O) groups excluding carboxylic acids is 2. The first kappa shape index (κ1) is 19.8. The van der Waals surface area contributed by atoms with E-state index >= 15 is 0 Å². The van der Waals surface area contributed by atoms with E-state index in [1.807, 2.05) is 18.2 Å². The molecule has 0 aliphatic heterocycles. The van der Waals surface area contributed by atoms with Crippen molar-refractivity contribution >= 4 is 18.1 Å². The second kappa shape index (κ2) is 9.80. The summed E-state index contributed by atoms with van der Waals surface area (Å²) >= 11 is 0. The molecule has 0 radical (unpaired) electrons. The Morgan fingerprint density at radius 2 is 1.59 bits per heavy atom. The molecule has 0 aliphatic rings. The van der Waals surface area contributed by atoms with Gasteiger partial charge in [0, 0.05) is 0 Å². The molecular formula is C22H17FN2O4. The zero-order chi connectivity index (χ0) is 20.5. The Hall–Kier alpha value is -4.00. The van der Waals surface area contributed by atoms with Crippen LogP contribution >= 0.6 is 0 Å². The van der Waals surface area contributed by atoms with Crippen LogP contribution in [-0.4, -0.2) is 24.7 Å². The van der Waals surface area contributed by atoms with E-state index < -0.39 is 17.7 Å². The van der Waals surface area contributed by atoms with E-state index in [0.717, 1.165) is 0 Å². The minimum absolute atomic E-state index is 0.140. The van der Waals surface area contributed by atoms with E-state index in [2.05, 4.69) is 10.5 Å². The molecule has 29 heavy (non-hydrogen) atoms. The van der Waals surface area contributed by atoms with Crippen LogP contribution in [-0.2, 0) is 4.79 Å². The highest BCUT2D eigenvalue weighted by Gasteiger charge is 2.13. The van der Waals surface area contributed by atoms with Crippen molar-refractivity contribution in [3.63, 3.8) is 0 Å². The molecule has 1 N–H and O–H groups in total. The minimum atomic E-state index is -0.782. The van der Waals surface area contributed by atoms with Crippen LogP contribution in [0.3, 0.4) is 0 Å². The third-order valence-corrected chi connectivity index (χ3v) is 3.70. The van der Waals surface area contributed by atoms with Gasteiger partial charge in [-0.3, -0.25) is 4.79 Å². The van der Waals surface area contributed by atoms with Gasteiger partial charge in [0.15, 0.2) is 6.61 Å². The first-order chi connectivity index (χ1) is 14.1. The highest BCUT2D eigenvalue weighted by Crippen LogP contribution is 2.15. The number of esters is 1. The average Bonchev–Trinajstić information content (AvgIpc) is 2.74. The number of para-hydroxylation sites is 1. The number of hydrogen-bond acceptors (Lipinski definition) is 5. The van der Waals surface area contributed by atoms with Gasteiger partial charge in [0.1, 0.15) is 17.3 Å². The number of hydrogen-bond donors (Lipinski definition) is 1. The standard InChI is InChI=1S/C22H17FN2O4/c23-20-9-5-4-8-19(20)22(27)29-18-12-10-16(11-13-18)14-24-25-21(26)15-28-17-6-2-1-3-7-17/h1-14H,15H2,(H,25,26). The van der Waals surface area contributed by atoms with Crippen LogP contribution in [0.15, 0.2) is 84.0 Å². The summed E-state index contributed by atoms with van der Waals surface area (Å²) in [5, 5.41) is 3.84. The third-order valence-electron chi connectivity index (χ3n) is 3.70. The molecule has 0 atom stereocenters. The fraction of sp³-hybridized carbons (Fsp3) is 0.0455. The van der Waals surface area contributed by atoms with Gasteiger partial charge in [0.25, 0.3) is 5.91 Å². The molecule has 3 aromatic rings. The summed E-state index contributed by atoms with van der Waals surface area (Å²) in [6.45, 7) is -0.160. The van der Waals surface area contributed by atoms with Crippen LogP contribution in [0.5, 0.6) is 11.5 Å². The molecule has 0 saturated carbocycles. The van der Waals surface area contributed by atoms with Crippen LogP contribution in [0.2, 0.25) is 0 Å². The lowest BCUT2D eigenvalue weighted by Crippen LogP contribution is -2.24. The first-order valence-electron chi connectivity index (χ1n) is 8.68. The van der Waals surface area contributed by atoms with Gasteiger partial charge < -0.3 is 9.47 Å². The van der Waals surface area contributed by atoms with Gasteiger partial charge in [0.2, 0.25) is 0 Å². The zero-order valence-corrected chi connectivity index (χ0v) is 15.2. The molecule has 0 bridgehead atoms. The van der Waals surface area contributed by atoms with Crippen molar-refractivity contribution < 1.29 is 23.5 Å². The maximum absolute atomic E-state index is 13.6. The maximum Gasteiger partial charge on any atom is 0.346 e. The average molecular weight is 392 g/mol. The van der Waals surface area contributed by atoms with E-state index in [1.165, 1.54) is 24.4 Å². The number of halogens is 1. The number of ether oxygens (including phenoxy) is 2. The fourth-order valence-corrected chi connectivity index (χ4v) is 2.29. The lowest BCUT2D eigenvalue weighted by Gasteiger charge is -2.05. The molecule has 0 unspecified atom stereocenters. The van der Waals surface area contributed by atoms with Crippen molar-refractivity contribution in [2.24, 2.45) is 5.10 Å². The summed E-state index contributed by atoms with van der Waals surface area (Å²) < 4.78 is 24.1. The van der Waals surface area contributed by atoms with Gasteiger partial charge in [0.05, 0.1) is 11.8 Å². The Kier molecular flexibility index (Phi) is 6.67. The second-order valence-electron chi connectivity index (χ2n) is 5.83. The summed E-state index contributed by atoms with van der Waals surface area (Å²) in [5.41, 5.74) is 2.88. The van der Waals surface area contributed by atoms with Crippen LogP contribution < -0.4 is 14.9 Å². The monoisotopic (exact) mass is 392 g/mol. The van der Waals surface area contributed by atoms with Gasteiger partial charge in [-0.25, -0.2) is 14.6 Å². The fourth-order valence-electron chi connectivity index (χ4n) is 2.29. The summed E-state index contributed by atoms with van der Waals surface area (Å²) in [6, 6.07) is 20.9. The highest BCUT2D eigenvalue weighted by molar-refractivity contribution is 5.91. The SMILES string of the molecule is O=C(COc1ccccc1)NN=Cc1ccc(OC(=O)c2ccccc2F)cc1. The zero-order valence-electron chi connectivity index (χ0n) is 15.2. The molecule has 0 aliphatic carbocycles. The maximum atomic E-state index is 13.6. The Labute approximate surface area is 166 Å². The van der Waals surface area contributed by atoms with Crippen molar-refractivity contribution in [1.82, 2.24) is 5.43 Å². The second-order valence-corrected chi connectivity index (χ2v) is 5.83. The summed E-state index contributed by atoms with van der Waals surface area (Å²) in [4.78, 5) is 23.7. The van der Waals surface area contributed by atoms with Crippen LogP contribution in [0.1, 0.15) is 15.9 Å². The molecule has 7 heteroatoms. The van der Waals surface area contributed by atoms with Crippen LogP contribution in [0.4, 0.5) is 4.39 Å². The third kappa shape index (κ3) is 6.00. The molecule has 0 heterocycles. The Morgan fingerprint density at radius 1 is 0.897 bits per heavy atom. The molecule has 3 aromatic carbocycles. The molecule has 1 amide bonds. The molecule has 6 nitrogen and oxygen atoms in total. The van der Waals surface area contributed by atoms with E-state index in [0.29, 0.717) is 11.3 Å². The first-order valence-corrected chi connectivity index (χ1v) is 8.68. The van der Waals surface area contributed by atoms with Gasteiger partial charge >= 0.3 is 5.97 Å². The number of rotatable bonds is 7. The van der Waals surface area contributed by atoms with Crippen molar-refractivity contribution in [3.05, 3.63) is 95.8 Å². The molecular weight excluding hydrogens is 375 g/mol. The number of nitrogens with one attached hydrogen (secondary N) is 1. The van der Waals surface area contributed by atoms with Gasteiger partial charge in [-0.05, 0) is 54.1 Å². The summed E-state index contributed by atoms with van der Waals surface area (Å²) in [5.74, 6) is -0.980. The van der Waals surface area contributed by atoms with Crippen LogP contribution in [0.25, 0.3) is 0 Å². The lowest BCUT2D eigenvalue weighted by molar-refractivity contribution is -0.123. The molecule has 146 valence electrons. The van der Waals surface area contributed by atoms with Gasteiger partial charge in [-0.1, -0.05) is 30.3 Å². The number of amides is 1. The van der Waals surface area contributed by atoms with E-state index in [9.17, 15) is 14.0 Å². The van der Waals surface area contributed by atoms with Gasteiger partial charge in [-0.2, -0.15) is 5.10 Å². The van der Waals surface area contributed by atoms with E-state index in [4.69, 9.17) is 9.47 Å². The Bertz CT molecular complexity index is 1000. The molecule has 3 rings (SSSR count). The Morgan fingerprint density at radius 3 is 2.31 bits per heavy atom. The van der Waals surface area contributed by atoms with E-state index in [1.54, 1.807) is 42.5 Å². The predicted molar refractivity (Wildman–Crippen MR) is 105 cm³/mol. The smallest absolute Gasteiger partial charge is 0.346 e. The molecule has 0 aromatic heterocycles.